The molecule has 2 atom stereocenters. The molecule has 2 unspecified atom stereocenters. The molecule has 0 spiro atoms. The second kappa shape index (κ2) is 11.5. The van der Waals surface area contributed by atoms with Crippen molar-refractivity contribution in [2.75, 3.05) is 19.6 Å². The number of alkyl halides is 3. The van der Waals surface area contributed by atoms with Gasteiger partial charge in [-0.3, -0.25) is 14.6 Å². The van der Waals surface area contributed by atoms with Gasteiger partial charge in [-0.2, -0.15) is 13.2 Å². The summed E-state index contributed by atoms with van der Waals surface area (Å²) in [6, 6.07) is 1.34. The van der Waals surface area contributed by atoms with Gasteiger partial charge < -0.3 is 20.9 Å². The number of nitrogens with two attached hydrogens (primary N) is 1. The number of nitrogens with one attached hydrogen (secondary N) is 1. The zero-order valence-corrected chi connectivity index (χ0v) is 25.2. The third-order valence-electron chi connectivity index (χ3n) is 8.56. The molecular formula is C31H37F3N6O3. The molecule has 2 aromatic heterocycles. The van der Waals surface area contributed by atoms with Crippen LogP contribution in [0.2, 0.25) is 0 Å². The normalized spacial score (nSPS) is 20.6. The number of likely N-dealkylation sites (tertiary alicyclic amines) is 2. The van der Waals surface area contributed by atoms with Gasteiger partial charge in [-0.25, -0.2) is 9.78 Å². The van der Waals surface area contributed by atoms with Crippen LogP contribution in [0.3, 0.4) is 0 Å². The Morgan fingerprint density at radius 2 is 1.95 bits per heavy atom. The average molecular weight is 599 g/mol. The van der Waals surface area contributed by atoms with Gasteiger partial charge in [-0.15, -0.1) is 0 Å². The Kier molecular flexibility index (Phi) is 8.45. The third-order valence-corrected chi connectivity index (χ3v) is 8.56. The van der Waals surface area contributed by atoms with Gasteiger partial charge in [0.25, 0.3) is 5.91 Å². The summed E-state index contributed by atoms with van der Waals surface area (Å²) in [6.45, 7) is 15.6. The first-order valence-corrected chi connectivity index (χ1v) is 14.0. The lowest BCUT2D eigenvalue weighted by Crippen LogP contribution is -2.41. The lowest BCUT2D eigenvalue weighted by molar-refractivity contribution is -0.141. The molecule has 4 rings (SSSR count). The van der Waals surface area contributed by atoms with Crippen molar-refractivity contribution in [3.8, 4) is 11.3 Å². The van der Waals surface area contributed by atoms with Gasteiger partial charge in [0.1, 0.15) is 5.69 Å². The largest absolute Gasteiger partial charge is 0.433 e. The Morgan fingerprint density at radius 3 is 2.53 bits per heavy atom. The number of halogens is 3. The summed E-state index contributed by atoms with van der Waals surface area (Å²) in [7, 11) is 0. The minimum atomic E-state index is -4.74. The summed E-state index contributed by atoms with van der Waals surface area (Å²) >= 11 is 0. The molecule has 43 heavy (non-hydrogen) atoms. The summed E-state index contributed by atoms with van der Waals surface area (Å²) in [5.41, 5.74) is 6.45. The number of nitrogens with zero attached hydrogens (tertiary/aromatic N) is 4. The summed E-state index contributed by atoms with van der Waals surface area (Å²) in [5.74, 6) is -0.549. The number of primary amides is 1. The molecule has 2 aliphatic heterocycles. The summed E-state index contributed by atoms with van der Waals surface area (Å²) in [4.78, 5) is 49.6. The molecule has 4 heterocycles. The monoisotopic (exact) mass is 598 g/mol. The Labute approximate surface area is 249 Å². The molecule has 9 nitrogen and oxygen atoms in total. The lowest BCUT2D eigenvalue weighted by atomic mass is 9.82. The summed E-state index contributed by atoms with van der Waals surface area (Å²) in [6.07, 6.45) is -1.04. The van der Waals surface area contributed by atoms with Crippen LogP contribution in [-0.2, 0) is 11.0 Å². The molecule has 0 radical (unpaired) electrons. The van der Waals surface area contributed by atoms with Crippen LogP contribution in [0.25, 0.3) is 17.3 Å². The number of urea groups is 1. The van der Waals surface area contributed by atoms with E-state index in [2.05, 4.69) is 21.9 Å². The van der Waals surface area contributed by atoms with Gasteiger partial charge in [0.15, 0.2) is 0 Å². The fraction of sp³-hybridized carbons (Fsp3) is 0.452. The number of aryl methyl sites for hydroxylation is 1. The van der Waals surface area contributed by atoms with Crippen LogP contribution in [0.5, 0.6) is 0 Å². The zero-order valence-electron chi connectivity index (χ0n) is 25.2. The first kappa shape index (κ1) is 31.7. The van der Waals surface area contributed by atoms with Crippen LogP contribution in [-0.4, -0.2) is 63.3 Å². The van der Waals surface area contributed by atoms with Gasteiger partial charge in [0, 0.05) is 49.1 Å². The highest BCUT2D eigenvalue weighted by Gasteiger charge is 2.47. The third kappa shape index (κ3) is 6.14. The van der Waals surface area contributed by atoms with E-state index in [-0.39, 0.29) is 47.8 Å². The maximum absolute atomic E-state index is 13.9. The topological polar surface area (TPSA) is 122 Å². The van der Waals surface area contributed by atoms with E-state index in [9.17, 15) is 27.6 Å². The predicted octanol–water partition coefficient (Wildman–Crippen LogP) is 5.08. The van der Waals surface area contributed by atoms with Crippen molar-refractivity contribution in [2.45, 2.75) is 60.2 Å². The molecule has 0 aliphatic carbocycles. The minimum Gasteiger partial charge on any atom is -0.352 e. The van der Waals surface area contributed by atoms with E-state index in [1.54, 1.807) is 17.9 Å². The number of rotatable bonds is 6. The SMILES string of the molecule is C=C1C(C)C(C)(C)C(=O)N1C/C(C)=C/c1nccc(-c2nc(C(F)(F)F)cc(C)c2C(=O)N2CCC(NC(N)=O)C2)c1C. The van der Waals surface area contributed by atoms with E-state index in [1.165, 1.54) is 24.1 Å². The molecule has 0 aromatic carbocycles. The standard InChI is InChI=1S/C31H37F3N6O3/c1-16(14-40-20(5)19(4)30(6,7)28(40)42)12-23-18(3)22(8-10-36-23)26-25(17(2)13-24(38-26)31(32,33)34)27(41)39-11-9-21(15-39)37-29(35)43/h8,10,12-13,19,21H,5,9,11,14-15H2,1-4,6-7H3,(H3,35,37,43)/b16-12+. The van der Waals surface area contributed by atoms with Crippen molar-refractivity contribution in [3.05, 3.63) is 64.3 Å². The number of hydrogen-bond acceptors (Lipinski definition) is 5. The van der Waals surface area contributed by atoms with Crippen molar-refractivity contribution in [2.24, 2.45) is 17.1 Å². The van der Waals surface area contributed by atoms with Crippen molar-refractivity contribution in [3.63, 3.8) is 0 Å². The van der Waals surface area contributed by atoms with Crippen LogP contribution in [0, 0.1) is 25.2 Å². The quantitative estimate of drug-likeness (QED) is 0.480. The molecule has 4 amide bonds. The van der Waals surface area contributed by atoms with E-state index >= 15 is 0 Å². The van der Waals surface area contributed by atoms with Crippen LogP contribution < -0.4 is 11.1 Å². The Balaban J connectivity index is 1.75. The van der Waals surface area contributed by atoms with Crippen LogP contribution >= 0.6 is 0 Å². The lowest BCUT2D eigenvalue weighted by Gasteiger charge is -2.22. The van der Waals surface area contributed by atoms with Crippen molar-refractivity contribution in [1.82, 2.24) is 25.1 Å². The molecule has 0 saturated carbocycles. The minimum absolute atomic E-state index is 0.0281. The second-order valence-electron chi connectivity index (χ2n) is 12.0. The molecule has 2 aliphatic rings. The van der Waals surface area contributed by atoms with E-state index in [1.807, 2.05) is 27.7 Å². The van der Waals surface area contributed by atoms with Crippen LogP contribution in [0.1, 0.15) is 67.0 Å². The maximum atomic E-state index is 13.9. The first-order valence-electron chi connectivity index (χ1n) is 14.0. The Morgan fingerprint density at radius 1 is 1.28 bits per heavy atom. The summed E-state index contributed by atoms with van der Waals surface area (Å²) in [5, 5.41) is 2.58. The maximum Gasteiger partial charge on any atom is 0.433 e. The molecule has 12 heteroatoms. The van der Waals surface area contributed by atoms with Crippen molar-refractivity contribution < 1.29 is 27.6 Å². The van der Waals surface area contributed by atoms with E-state index < -0.39 is 29.2 Å². The number of pyridine rings is 2. The Bertz CT molecular complexity index is 1530. The van der Waals surface area contributed by atoms with Gasteiger partial charge in [-0.1, -0.05) is 32.9 Å². The second-order valence-corrected chi connectivity index (χ2v) is 12.0. The molecule has 2 fully saturated rings. The van der Waals surface area contributed by atoms with Crippen LogP contribution in [0.4, 0.5) is 18.0 Å². The predicted molar refractivity (Wildman–Crippen MR) is 156 cm³/mol. The van der Waals surface area contributed by atoms with Crippen molar-refractivity contribution in [1.29, 1.82) is 0 Å². The number of amides is 4. The summed E-state index contributed by atoms with van der Waals surface area (Å²) < 4.78 is 41.7. The molecular weight excluding hydrogens is 561 g/mol. The van der Waals surface area contributed by atoms with Gasteiger partial charge >= 0.3 is 12.2 Å². The zero-order chi connectivity index (χ0) is 32.0. The number of carbonyl (C=O) groups excluding carboxylic acids is 3. The number of hydrogen-bond donors (Lipinski definition) is 2. The smallest absolute Gasteiger partial charge is 0.352 e. The fourth-order valence-corrected chi connectivity index (χ4v) is 5.67. The molecule has 3 N–H and O–H groups in total. The van der Waals surface area contributed by atoms with Gasteiger partial charge in [0.2, 0.25) is 5.91 Å². The molecule has 2 saturated heterocycles. The van der Waals surface area contributed by atoms with E-state index in [0.29, 0.717) is 29.8 Å². The average Bonchev–Trinajstić information content (AvgIpc) is 3.42. The number of aromatic nitrogens is 2. The highest BCUT2D eigenvalue weighted by atomic mass is 19.4. The highest BCUT2D eigenvalue weighted by molar-refractivity contribution is 6.02. The van der Waals surface area contributed by atoms with E-state index in [0.717, 1.165) is 17.3 Å². The van der Waals surface area contributed by atoms with Gasteiger partial charge in [-0.05, 0) is 56.5 Å². The molecule has 230 valence electrons. The molecule has 0 bridgehead atoms. The number of carbonyl (C=O) groups is 3. The Hall–Kier alpha value is -4.22. The highest BCUT2D eigenvalue weighted by Crippen LogP contribution is 2.43. The fourth-order valence-electron chi connectivity index (χ4n) is 5.67. The van der Waals surface area contributed by atoms with E-state index in [4.69, 9.17) is 5.73 Å². The first-order chi connectivity index (χ1) is 19.9. The van der Waals surface area contributed by atoms with Crippen LogP contribution in [0.15, 0.2) is 36.2 Å². The molecule has 2 aromatic rings. The van der Waals surface area contributed by atoms with Crippen molar-refractivity contribution >= 4 is 23.9 Å². The van der Waals surface area contributed by atoms with Gasteiger partial charge in [0.05, 0.1) is 22.4 Å². The number of allylic oxidation sites excluding steroid dienone is 1.